The van der Waals surface area contributed by atoms with E-state index in [0.29, 0.717) is 11.5 Å². The number of carbonyl (C=O) groups is 5. The van der Waals surface area contributed by atoms with E-state index >= 15 is 0 Å². The molecule has 5 N–H and O–H groups in total. The van der Waals surface area contributed by atoms with E-state index < -0.39 is 53.5 Å². The lowest BCUT2D eigenvalue weighted by molar-refractivity contribution is -0.145. The Morgan fingerprint density at radius 2 is 1.53 bits per heavy atom. The van der Waals surface area contributed by atoms with Gasteiger partial charge in [-0.3, -0.25) is 24.0 Å². The number of aliphatic hydroxyl groups is 1. The SMILES string of the molecule is C[C@@H]1NC(=O)C([C@@H](C)O)NC(=O)C2(CCN(C(=O)c3cn(-c4ccccc4)nn3)CC2)Oc2ccc(cc2)OCCNC(=O)[C@H](Cc2ccccc2)NC1=O. The van der Waals surface area contributed by atoms with Gasteiger partial charge < -0.3 is 40.7 Å². The summed E-state index contributed by atoms with van der Waals surface area (Å²) in [7, 11) is 0. The Labute approximate surface area is 317 Å². The quantitative estimate of drug-likeness (QED) is 0.182. The van der Waals surface area contributed by atoms with Gasteiger partial charge in [-0.25, -0.2) is 4.68 Å². The number of hydrogen-bond donors (Lipinski definition) is 5. The van der Waals surface area contributed by atoms with Crippen molar-refractivity contribution in [1.29, 1.82) is 0 Å². The van der Waals surface area contributed by atoms with Crippen LogP contribution in [0.3, 0.4) is 0 Å². The van der Waals surface area contributed by atoms with E-state index in [9.17, 15) is 29.1 Å². The number of likely N-dealkylation sites (tertiary alicyclic amines) is 1. The Morgan fingerprint density at radius 1 is 0.873 bits per heavy atom. The number of aliphatic hydroxyl groups excluding tert-OH is 1. The molecule has 16 nitrogen and oxygen atoms in total. The van der Waals surface area contributed by atoms with E-state index in [2.05, 4.69) is 31.6 Å². The number of aromatic nitrogens is 3. The number of nitrogens with one attached hydrogen (secondary N) is 4. The van der Waals surface area contributed by atoms with Crippen LogP contribution in [0.25, 0.3) is 5.69 Å². The van der Waals surface area contributed by atoms with Gasteiger partial charge in [-0.1, -0.05) is 53.7 Å². The zero-order valence-corrected chi connectivity index (χ0v) is 30.5. The molecule has 4 heterocycles. The molecule has 1 unspecified atom stereocenters. The van der Waals surface area contributed by atoms with Gasteiger partial charge in [0.05, 0.1) is 24.5 Å². The first-order chi connectivity index (χ1) is 26.5. The molecule has 3 aromatic carbocycles. The summed E-state index contributed by atoms with van der Waals surface area (Å²) < 4.78 is 13.7. The normalized spacial score (nSPS) is 21.6. The average Bonchev–Trinajstić information content (AvgIpc) is 3.69. The van der Waals surface area contributed by atoms with Gasteiger partial charge in [-0.2, -0.15) is 0 Å². The summed E-state index contributed by atoms with van der Waals surface area (Å²) in [6, 6.07) is 21.4. The number of fused-ring (bicyclic) bond motifs is 15. The Hall–Kier alpha value is -6.29. The second-order valence-electron chi connectivity index (χ2n) is 13.6. The summed E-state index contributed by atoms with van der Waals surface area (Å²) >= 11 is 0. The molecule has 1 spiro atoms. The van der Waals surface area contributed by atoms with Gasteiger partial charge in [0, 0.05) is 32.4 Å². The Balaban J connectivity index is 1.22. The third-order valence-electron chi connectivity index (χ3n) is 9.53. The van der Waals surface area contributed by atoms with E-state index in [1.165, 1.54) is 18.5 Å². The number of benzene rings is 3. The molecule has 55 heavy (non-hydrogen) atoms. The van der Waals surface area contributed by atoms with Crippen LogP contribution in [0.15, 0.2) is 91.1 Å². The van der Waals surface area contributed by atoms with Gasteiger partial charge in [0.15, 0.2) is 11.3 Å². The molecule has 1 saturated heterocycles. The molecule has 7 rings (SSSR count). The Bertz CT molecular complexity index is 1960. The lowest BCUT2D eigenvalue weighted by Gasteiger charge is -2.41. The first-order valence-corrected chi connectivity index (χ1v) is 18.1. The second kappa shape index (κ2) is 17.2. The minimum Gasteiger partial charge on any atom is -0.492 e. The molecule has 3 aliphatic rings. The van der Waals surface area contributed by atoms with Crippen molar-refractivity contribution in [1.82, 2.24) is 41.2 Å². The molecular formula is C39H44N8O8. The fourth-order valence-corrected chi connectivity index (χ4v) is 6.38. The van der Waals surface area contributed by atoms with E-state index in [4.69, 9.17) is 9.47 Å². The molecule has 3 aliphatic heterocycles. The predicted molar refractivity (Wildman–Crippen MR) is 198 cm³/mol. The summed E-state index contributed by atoms with van der Waals surface area (Å²) in [5.41, 5.74) is 0.117. The third-order valence-corrected chi connectivity index (χ3v) is 9.53. The van der Waals surface area contributed by atoms with Gasteiger partial charge in [-0.05, 0) is 55.8 Å². The highest BCUT2D eigenvalue weighted by atomic mass is 16.5. The van der Waals surface area contributed by atoms with E-state index in [0.717, 1.165) is 11.3 Å². The number of carbonyl (C=O) groups excluding carboxylic acids is 5. The standard InChI is InChI=1S/C39H44N8O8/c1-25-34(49)42-31(23-27-9-5-3-6-10-27)35(50)40-19-22-54-29-13-15-30(16-14-29)55-39(38(53)43-33(26(2)48)36(51)41-25)17-20-46(21-18-39)37(52)32-24-47(45-44-32)28-11-7-4-8-12-28/h3-16,24-26,31,33,48H,17-23H2,1-2H3,(H,40,50)(H,41,51)(H,42,49)(H,43,53)/t25-,26+,31-,33?/m0/s1. The fourth-order valence-electron chi connectivity index (χ4n) is 6.38. The van der Waals surface area contributed by atoms with Gasteiger partial charge in [0.25, 0.3) is 11.8 Å². The lowest BCUT2D eigenvalue weighted by Crippen LogP contribution is -2.63. The first-order valence-electron chi connectivity index (χ1n) is 18.1. The molecule has 4 atom stereocenters. The van der Waals surface area contributed by atoms with Crippen LogP contribution in [0.4, 0.5) is 0 Å². The topological polar surface area (TPSA) is 206 Å². The monoisotopic (exact) mass is 752 g/mol. The van der Waals surface area contributed by atoms with E-state index in [-0.39, 0.29) is 57.1 Å². The smallest absolute Gasteiger partial charge is 0.276 e. The maximum absolute atomic E-state index is 14.2. The number of piperidine rings is 1. The highest BCUT2D eigenvalue weighted by molar-refractivity contribution is 5.96. The molecule has 5 amide bonds. The number of amides is 5. The molecule has 4 aromatic rings. The van der Waals surface area contributed by atoms with Crippen molar-refractivity contribution in [3.05, 3.63) is 102 Å². The molecule has 2 bridgehead atoms. The molecule has 16 heteroatoms. The van der Waals surface area contributed by atoms with Crippen LogP contribution in [0.1, 0.15) is 42.7 Å². The van der Waals surface area contributed by atoms with Crippen molar-refractivity contribution < 1.29 is 38.6 Å². The molecule has 1 aromatic heterocycles. The fraction of sp³-hybridized carbons (Fsp3) is 0.359. The molecule has 1 fully saturated rings. The molecule has 288 valence electrons. The maximum atomic E-state index is 14.2. The number of para-hydroxylation sites is 1. The number of hydrogen-bond acceptors (Lipinski definition) is 10. The van der Waals surface area contributed by atoms with Crippen LogP contribution in [0.5, 0.6) is 11.5 Å². The van der Waals surface area contributed by atoms with Crippen molar-refractivity contribution >= 4 is 29.5 Å². The Kier molecular flexibility index (Phi) is 12.0. The minimum absolute atomic E-state index is 0.0328. The first kappa shape index (κ1) is 38.4. The van der Waals surface area contributed by atoms with Crippen molar-refractivity contribution in [3.8, 4) is 17.2 Å². The number of rotatable bonds is 5. The van der Waals surface area contributed by atoms with Crippen LogP contribution in [0, 0.1) is 0 Å². The van der Waals surface area contributed by atoms with E-state index in [1.54, 1.807) is 35.4 Å². The zero-order valence-electron chi connectivity index (χ0n) is 30.5. The highest BCUT2D eigenvalue weighted by Crippen LogP contribution is 2.31. The molecule has 0 aliphatic carbocycles. The van der Waals surface area contributed by atoms with Crippen molar-refractivity contribution in [2.45, 2.75) is 62.9 Å². The second-order valence-corrected chi connectivity index (χ2v) is 13.6. The molecule has 0 radical (unpaired) electrons. The van der Waals surface area contributed by atoms with Crippen molar-refractivity contribution in [3.63, 3.8) is 0 Å². The van der Waals surface area contributed by atoms with Crippen molar-refractivity contribution in [2.75, 3.05) is 26.2 Å². The zero-order chi connectivity index (χ0) is 39.0. The summed E-state index contributed by atoms with van der Waals surface area (Å²) in [6.07, 6.45) is 0.415. The van der Waals surface area contributed by atoms with Crippen LogP contribution in [0.2, 0.25) is 0 Å². The average molecular weight is 753 g/mol. The number of nitrogens with zero attached hydrogens (tertiary/aromatic N) is 4. The summed E-state index contributed by atoms with van der Waals surface area (Å²) in [4.78, 5) is 69.5. The van der Waals surface area contributed by atoms with Gasteiger partial charge in [0.1, 0.15) is 36.2 Å². The van der Waals surface area contributed by atoms with Gasteiger partial charge in [-0.15, -0.1) is 5.10 Å². The molecule has 0 saturated carbocycles. The highest BCUT2D eigenvalue weighted by Gasteiger charge is 2.47. The van der Waals surface area contributed by atoms with Crippen LogP contribution in [-0.2, 0) is 25.6 Å². The third kappa shape index (κ3) is 9.45. The summed E-state index contributed by atoms with van der Waals surface area (Å²) in [5, 5.41) is 29.6. The van der Waals surface area contributed by atoms with Crippen LogP contribution >= 0.6 is 0 Å². The van der Waals surface area contributed by atoms with Crippen LogP contribution in [-0.4, -0.2) is 111 Å². The van der Waals surface area contributed by atoms with E-state index in [1.807, 2.05) is 60.7 Å². The Morgan fingerprint density at radius 3 is 2.20 bits per heavy atom. The maximum Gasteiger partial charge on any atom is 0.276 e. The number of ether oxygens (including phenoxy) is 2. The minimum atomic E-state index is -1.56. The predicted octanol–water partition coefficient (Wildman–Crippen LogP) is 0.928. The van der Waals surface area contributed by atoms with Crippen LogP contribution < -0.4 is 30.7 Å². The van der Waals surface area contributed by atoms with Gasteiger partial charge >= 0.3 is 0 Å². The van der Waals surface area contributed by atoms with Gasteiger partial charge in [0.2, 0.25) is 17.7 Å². The van der Waals surface area contributed by atoms with Crippen molar-refractivity contribution in [2.24, 2.45) is 0 Å². The summed E-state index contributed by atoms with van der Waals surface area (Å²) in [6.45, 7) is 3.24. The lowest BCUT2D eigenvalue weighted by atomic mass is 9.89. The largest absolute Gasteiger partial charge is 0.492 e. The molecular weight excluding hydrogens is 708 g/mol. The summed E-state index contributed by atoms with van der Waals surface area (Å²) in [5.74, 6) is -2.18.